The molecule has 0 heterocycles. The van der Waals surface area contributed by atoms with Crippen molar-refractivity contribution in [3.63, 3.8) is 0 Å². The Balaban J connectivity index is 2.60. The highest BCUT2D eigenvalue weighted by Crippen LogP contribution is 2.43. The zero-order valence-electron chi connectivity index (χ0n) is 10.0. The van der Waals surface area contributed by atoms with Gasteiger partial charge in [0.25, 0.3) is 0 Å². The highest BCUT2D eigenvalue weighted by atomic mass is 32.2. The van der Waals surface area contributed by atoms with E-state index in [0.29, 0.717) is 17.7 Å². The molecule has 1 aliphatic carbocycles. The van der Waals surface area contributed by atoms with Crippen molar-refractivity contribution in [3.8, 4) is 6.07 Å². The Morgan fingerprint density at radius 3 is 2.41 bits per heavy atom. The molecule has 17 heavy (non-hydrogen) atoms. The second-order valence-corrected chi connectivity index (χ2v) is 6.96. The van der Waals surface area contributed by atoms with Gasteiger partial charge in [0.1, 0.15) is 0 Å². The number of aryl methyl sites for hydroxylation is 2. The van der Waals surface area contributed by atoms with Crippen molar-refractivity contribution in [1.29, 1.82) is 5.26 Å². The maximum Gasteiger partial charge on any atom is 0.197 e. The predicted molar refractivity (Wildman–Crippen MR) is 65.3 cm³/mol. The minimum atomic E-state index is -3.53. The van der Waals surface area contributed by atoms with E-state index in [1.54, 1.807) is 19.1 Å². The van der Waals surface area contributed by atoms with E-state index < -0.39 is 14.6 Å². The van der Waals surface area contributed by atoms with Gasteiger partial charge in [0, 0.05) is 0 Å². The third-order valence-electron chi connectivity index (χ3n) is 3.51. The van der Waals surface area contributed by atoms with Gasteiger partial charge in [-0.25, -0.2) is 8.42 Å². The van der Waals surface area contributed by atoms with Gasteiger partial charge >= 0.3 is 0 Å². The Bertz CT molecular complexity index is 592. The lowest BCUT2D eigenvalue weighted by atomic mass is 9.86. The van der Waals surface area contributed by atoms with Crippen molar-refractivity contribution in [2.45, 2.75) is 42.8 Å². The maximum absolute atomic E-state index is 12.5. The van der Waals surface area contributed by atoms with Crippen molar-refractivity contribution >= 4 is 9.84 Å². The van der Waals surface area contributed by atoms with Crippen molar-refractivity contribution in [2.75, 3.05) is 0 Å². The maximum atomic E-state index is 12.5. The SMILES string of the molecule is Cc1ccc(C)c(S(=O)(=O)C2(C#N)CCC2)c1. The highest BCUT2D eigenvalue weighted by Gasteiger charge is 2.50. The summed E-state index contributed by atoms with van der Waals surface area (Å²) >= 11 is 0. The molecule has 0 bridgehead atoms. The molecule has 1 saturated carbocycles. The highest BCUT2D eigenvalue weighted by molar-refractivity contribution is 7.93. The summed E-state index contributed by atoms with van der Waals surface area (Å²) < 4.78 is 23.9. The quantitative estimate of drug-likeness (QED) is 0.809. The van der Waals surface area contributed by atoms with Gasteiger partial charge in [-0.3, -0.25) is 0 Å². The molecule has 0 atom stereocenters. The molecule has 0 spiro atoms. The second-order valence-electron chi connectivity index (χ2n) is 4.73. The van der Waals surface area contributed by atoms with E-state index in [1.807, 2.05) is 19.1 Å². The Hall–Kier alpha value is -1.34. The number of hydrogen-bond donors (Lipinski definition) is 0. The van der Waals surface area contributed by atoms with Crippen LogP contribution in [0.3, 0.4) is 0 Å². The average molecular weight is 249 g/mol. The molecule has 4 heteroatoms. The van der Waals surface area contributed by atoms with Gasteiger partial charge in [0.2, 0.25) is 0 Å². The van der Waals surface area contributed by atoms with E-state index >= 15 is 0 Å². The molecule has 1 fully saturated rings. The molecule has 0 N–H and O–H groups in total. The van der Waals surface area contributed by atoms with Crippen molar-refractivity contribution in [3.05, 3.63) is 29.3 Å². The fourth-order valence-electron chi connectivity index (χ4n) is 2.15. The zero-order valence-corrected chi connectivity index (χ0v) is 10.8. The Morgan fingerprint density at radius 1 is 1.29 bits per heavy atom. The minimum absolute atomic E-state index is 0.318. The van der Waals surface area contributed by atoms with Crippen LogP contribution in [0.1, 0.15) is 30.4 Å². The first-order chi connectivity index (χ1) is 7.93. The number of nitrogens with zero attached hydrogens (tertiary/aromatic N) is 1. The lowest BCUT2D eigenvalue weighted by Gasteiger charge is -2.34. The summed E-state index contributed by atoms with van der Waals surface area (Å²) in [5.41, 5.74) is 1.62. The third kappa shape index (κ3) is 1.66. The zero-order chi connectivity index (χ0) is 12.7. The Kier molecular flexibility index (Phi) is 2.75. The van der Waals surface area contributed by atoms with Gasteiger partial charge in [0.15, 0.2) is 14.6 Å². The van der Waals surface area contributed by atoms with E-state index in [9.17, 15) is 8.42 Å². The van der Waals surface area contributed by atoms with E-state index in [2.05, 4.69) is 0 Å². The van der Waals surface area contributed by atoms with Crippen molar-refractivity contribution < 1.29 is 8.42 Å². The smallest absolute Gasteiger partial charge is 0.197 e. The summed E-state index contributed by atoms with van der Waals surface area (Å²) in [7, 11) is -3.53. The van der Waals surface area contributed by atoms with Crippen LogP contribution in [0.25, 0.3) is 0 Å². The normalized spacial score (nSPS) is 18.2. The van der Waals surface area contributed by atoms with Crippen LogP contribution in [0.2, 0.25) is 0 Å². The molecular weight excluding hydrogens is 234 g/mol. The van der Waals surface area contributed by atoms with Gasteiger partial charge in [-0.2, -0.15) is 5.26 Å². The van der Waals surface area contributed by atoms with Crippen LogP contribution in [0.15, 0.2) is 23.1 Å². The number of sulfone groups is 1. The molecule has 0 saturated heterocycles. The van der Waals surface area contributed by atoms with Gasteiger partial charge in [0.05, 0.1) is 11.0 Å². The molecule has 3 nitrogen and oxygen atoms in total. The van der Waals surface area contributed by atoms with Crippen LogP contribution in [0, 0.1) is 25.2 Å². The first-order valence-corrected chi connectivity index (χ1v) is 7.14. The second kappa shape index (κ2) is 3.85. The number of hydrogen-bond acceptors (Lipinski definition) is 3. The predicted octanol–water partition coefficient (Wildman–Crippen LogP) is 2.52. The fourth-order valence-corrected chi connectivity index (χ4v) is 4.35. The standard InChI is InChI=1S/C13H15NO2S/c1-10-4-5-11(2)12(8-10)17(15,16)13(9-14)6-3-7-13/h4-5,8H,3,6-7H2,1-2H3. The van der Waals surface area contributed by atoms with Gasteiger partial charge in [-0.05, 0) is 50.3 Å². The fraction of sp³-hybridized carbons (Fsp3) is 0.462. The molecule has 0 amide bonds. The number of benzene rings is 1. The minimum Gasteiger partial charge on any atom is -0.222 e. The van der Waals surface area contributed by atoms with Gasteiger partial charge in [-0.15, -0.1) is 0 Å². The van der Waals surface area contributed by atoms with Crippen LogP contribution in [0.5, 0.6) is 0 Å². The van der Waals surface area contributed by atoms with E-state index in [0.717, 1.165) is 17.5 Å². The monoisotopic (exact) mass is 249 g/mol. The molecular formula is C13H15NO2S. The molecule has 1 aromatic rings. The summed E-state index contributed by atoms with van der Waals surface area (Å²) in [5.74, 6) is 0. The van der Waals surface area contributed by atoms with Gasteiger partial charge in [-0.1, -0.05) is 12.1 Å². The molecule has 1 aliphatic rings. The lowest BCUT2D eigenvalue weighted by Crippen LogP contribution is -2.44. The summed E-state index contributed by atoms with van der Waals surface area (Å²) in [5, 5.41) is 9.16. The molecule has 0 aromatic heterocycles. The van der Waals surface area contributed by atoms with E-state index in [4.69, 9.17) is 5.26 Å². The molecule has 90 valence electrons. The van der Waals surface area contributed by atoms with Gasteiger partial charge < -0.3 is 0 Å². The van der Waals surface area contributed by atoms with Crippen LogP contribution in [0.4, 0.5) is 0 Å². The summed E-state index contributed by atoms with van der Waals surface area (Å²) in [6, 6.07) is 7.36. The van der Waals surface area contributed by atoms with Crippen molar-refractivity contribution in [2.24, 2.45) is 0 Å². The van der Waals surface area contributed by atoms with Crippen LogP contribution < -0.4 is 0 Å². The lowest BCUT2D eigenvalue weighted by molar-refractivity contribution is 0.406. The Labute approximate surface area is 102 Å². The molecule has 0 radical (unpaired) electrons. The van der Waals surface area contributed by atoms with Crippen LogP contribution >= 0.6 is 0 Å². The van der Waals surface area contributed by atoms with E-state index in [1.165, 1.54) is 0 Å². The largest absolute Gasteiger partial charge is 0.222 e. The topological polar surface area (TPSA) is 57.9 Å². The van der Waals surface area contributed by atoms with Crippen molar-refractivity contribution in [1.82, 2.24) is 0 Å². The molecule has 2 rings (SSSR count). The summed E-state index contributed by atoms with van der Waals surface area (Å²) in [6.45, 7) is 3.63. The molecule has 1 aromatic carbocycles. The summed E-state index contributed by atoms with van der Waals surface area (Å²) in [4.78, 5) is 0.318. The van der Waals surface area contributed by atoms with Crippen LogP contribution in [-0.2, 0) is 9.84 Å². The number of rotatable bonds is 2. The molecule has 0 aliphatic heterocycles. The average Bonchev–Trinajstić information content (AvgIpc) is 2.20. The van der Waals surface area contributed by atoms with Crippen LogP contribution in [-0.4, -0.2) is 13.2 Å². The summed E-state index contributed by atoms with van der Waals surface area (Å²) in [6.07, 6.45) is 1.73. The number of nitriles is 1. The first-order valence-electron chi connectivity index (χ1n) is 5.66. The van der Waals surface area contributed by atoms with E-state index in [-0.39, 0.29) is 0 Å². The third-order valence-corrected chi connectivity index (χ3v) is 6.06. The Morgan fingerprint density at radius 2 is 1.94 bits per heavy atom. The first kappa shape index (κ1) is 12.1. The molecule has 0 unspecified atom stereocenters.